The van der Waals surface area contributed by atoms with Gasteiger partial charge in [0, 0.05) is 16.4 Å². The molecule has 3 heteroatoms. The molecule has 0 saturated carbocycles. The minimum Gasteiger partial charge on any atom is -0.356 e. The first kappa shape index (κ1) is 9.29. The fourth-order valence-corrected chi connectivity index (χ4v) is 2.52. The van der Waals surface area contributed by atoms with Crippen LogP contribution < -0.4 is 5.32 Å². The Kier molecular flexibility index (Phi) is 3.62. The number of hydrogen-bond donors (Lipinski definition) is 1. The Morgan fingerprint density at radius 1 is 1.64 bits per heavy atom. The largest absolute Gasteiger partial charge is 0.356 e. The Hall–Kier alpha value is 0.200. The van der Waals surface area contributed by atoms with Gasteiger partial charge in [-0.25, -0.2) is 0 Å². The maximum absolute atomic E-state index is 11.2. The Morgan fingerprint density at radius 3 is 3.09 bits per heavy atom. The lowest BCUT2D eigenvalue weighted by Crippen LogP contribution is -2.33. The van der Waals surface area contributed by atoms with Gasteiger partial charge in [-0.15, -0.1) is 0 Å². The molecule has 1 amide bonds. The normalized spacial score (nSPS) is 33.8. The van der Waals surface area contributed by atoms with Crippen molar-refractivity contribution >= 4 is 28.5 Å². The molecule has 1 aliphatic heterocycles. The zero-order valence-electron chi connectivity index (χ0n) is 6.77. The van der Waals surface area contributed by atoms with Gasteiger partial charge in [0.15, 0.2) is 0 Å². The van der Waals surface area contributed by atoms with Crippen LogP contribution in [0.2, 0.25) is 0 Å². The molecule has 0 bridgehead atoms. The lowest BCUT2D eigenvalue weighted by atomic mass is 10.0. The van der Waals surface area contributed by atoms with E-state index in [0.29, 0.717) is 3.92 Å². The van der Waals surface area contributed by atoms with E-state index < -0.39 is 0 Å². The minimum atomic E-state index is 0.206. The second-order valence-corrected chi connectivity index (χ2v) is 4.93. The molecule has 2 atom stereocenters. The van der Waals surface area contributed by atoms with Gasteiger partial charge in [0.2, 0.25) is 5.91 Å². The average Bonchev–Trinajstić information content (AvgIpc) is 1.95. The number of amides is 1. The molecule has 0 aromatic carbocycles. The highest BCUT2D eigenvalue weighted by Gasteiger charge is 2.18. The molecule has 0 radical (unpaired) electrons. The number of halogens is 1. The van der Waals surface area contributed by atoms with Gasteiger partial charge in [-0.2, -0.15) is 0 Å². The molecule has 0 unspecified atom stereocenters. The van der Waals surface area contributed by atoms with Crippen LogP contribution in [-0.4, -0.2) is 16.4 Å². The molecular formula is C8H14INO. The number of alkyl halides is 1. The van der Waals surface area contributed by atoms with Crippen LogP contribution in [0.4, 0.5) is 0 Å². The molecule has 0 spiro atoms. The van der Waals surface area contributed by atoms with Gasteiger partial charge < -0.3 is 5.32 Å². The lowest BCUT2D eigenvalue weighted by Gasteiger charge is -2.19. The predicted molar refractivity (Wildman–Crippen MR) is 53.8 cm³/mol. The summed E-state index contributed by atoms with van der Waals surface area (Å²) in [6.07, 6.45) is 3.41. The summed E-state index contributed by atoms with van der Waals surface area (Å²) in [4.78, 5) is 11.2. The van der Waals surface area contributed by atoms with E-state index >= 15 is 0 Å². The first-order valence-electron chi connectivity index (χ1n) is 4.12. The second-order valence-electron chi connectivity index (χ2n) is 3.17. The summed E-state index contributed by atoms with van der Waals surface area (Å²) < 4.78 is 0.689. The lowest BCUT2D eigenvalue weighted by molar-refractivity contribution is -0.124. The number of carbonyl (C=O) groups excluding carboxylic acids is 1. The van der Waals surface area contributed by atoms with Crippen molar-refractivity contribution < 1.29 is 4.79 Å². The van der Waals surface area contributed by atoms with Crippen molar-refractivity contribution in [3.05, 3.63) is 0 Å². The van der Waals surface area contributed by atoms with Crippen LogP contribution in [0.1, 0.15) is 26.2 Å². The molecule has 1 rings (SSSR count). The van der Waals surface area contributed by atoms with E-state index in [1.165, 1.54) is 6.42 Å². The van der Waals surface area contributed by atoms with Gasteiger partial charge >= 0.3 is 0 Å². The van der Waals surface area contributed by atoms with Crippen molar-refractivity contribution in [2.75, 3.05) is 6.54 Å². The maximum Gasteiger partial charge on any atom is 0.222 e. The van der Waals surface area contributed by atoms with Gasteiger partial charge in [-0.1, -0.05) is 29.5 Å². The highest BCUT2D eigenvalue weighted by molar-refractivity contribution is 14.1. The summed E-state index contributed by atoms with van der Waals surface area (Å²) in [5.74, 6) is 0.434. The zero-order chi connectivity index (χ0) is 8.27. The first-order chi connectivity index (χ1) is 5.20. The van der Waals surface area contributed by atoms with Crippen molar-refractivity contribution in [3.8, 4) is 0 Å². The van der Waals surface area contributed by atoms with Crippen LogP contribution in [-0.2, 0) is 4.79 Å². The van der Waals surface area contributed by atoms with Crippen LogP contribution in [0.25, 0.3) is 0 Å². The predicted octanol–water partition coefficient (Wildman–Crippen LogP) is 1.73. The van der Waals surface area contributed by atoms with Crippen molar-refractivity contribution in [1.29, 1.82) is 0 Å². The second kappa shape index (κ2) is 4.28. The molecule has 1 saturated heterocycles. The van der Waals surface area contributed by atoms with E-state index in [1.54, 1.807) is 0 Å². The van der Waals surface area contributed by atoms with E-state index in [-0.39, 0.29) is 11.8 Å². The first-order valence-corrected chi connectivity index (χ1v) is 5.36. The van der Waals surface area contributed by atoms with Crippen molar-refractivity contribution in [1.82, 2.24) is 5.32 Å². The molecule has 1 heterocycles. The van der Waals surface area contributed by atoms with E-state index in [0.717, 1.165) is 19.4 Å². The quantitative estimate of drug-likeness (QED) is 0.525. The van der Waals surface area contributed by atoms with E-state index in [9.17, 15) is 4.79 Å². The molecule has 2 nitrogen and oxygen atoms in total. The van der Waals surface area contributed by atoms with E-state index in [2.05, 4.69) is 27.9 Å². The Balaban J connectivity index is 2.45. The monoisotopic (exact) mass is 267 g/mol. The van der Waals surface area contributed by atoms with Gasteiger partial charge in [0.05, 0.1) is 0 Å². The van der Waals surface area contributed by atoms with Crippen LogP contribution in [0.5, 0.6) is 0 Å². The molecule has 1 N–H and O–H groups in total. The summed E-state index contributed by atoms with van der Waals surface area (Å²) >= 11 is 2.44. The molecular weight excluding hydrogens is 253 g/mol. The molecule has 1 fully saturated rings. The van der Waals surface area contributed by atoms with Crippen LogP contribution in [0.15, 0.2) is 0 Å². The molecule has 64 valence electrons. The number of rotatable bonds is 0. The molecule has 11 heavy (non-hydrogen) atoms. The number of carbonyl (C=O) groups is 1. The summed E-state index contributed by atoms with van der Waals surface area (Å²) in [6, 6.07) is 0. The standard InChI is InChI=1S/C8H14INO/c1-6-5-7(9)3-2-4-10-8(6)11/h6-7H,2-5H2,1H3,(H,10,11)/t6-,7+/m0/s1. The molecule has 0 aromatic rings. The van der Waals surface area contributed by atoms with Crippen molar-refractivity contribution in [2.45, 2.75) is 30.1 Å². The average molecular weight is 267 g/mol. The van der Waals surface area contributed by atoms with Gasteiger partial charge in [0.25, 0.3) is 0 Å². The Labute approximate surface area is 81.3 Å². The van der Waals surface area contributed by atoms with Crippen molar-refractivity contribution in [3.63, 3.8) is 0 Å². The van der Waals surface area contributed by atoms with Gasteiger partial charge in [-0.3, -0.25) is 4.79 Å². The van der Waals surface area contributed by atoms with Crippen LogP contribution in [0, 0.1) is 5.92 Å². The Bertz CT molecular complexity index is 149. The van der Waals surface area contributed by atoms with Gasteiger partial charge in [0.1, 0.15) is 0 Å². The SMILES string of the molecule is C[C@H]1C[C@H](I)CCCNC1=O. The highest BCUT2D eigenvalue weighted by atomic mass is 127. The fraction of sp³-hybridized carbons (Fsp3) is 0.875. The highest BCUT2D eigenvalue weighted by Crippen LogP contribution is 2.20. The molecule has 1 aliphatic rings. The number of hydrogen-bond acceptors (Lipinski definition) is 1. The Morgan fingerprint density at radius 2 is 2.36 bits per heavy atom. The van der Waals surface area contributed by atoms with Crippen LogP contribution >= 0.6 is 22.6 Å². The molecule has 0 aliphatic carbocycles. The third-order valence-electron chi connectivity index (χ3n) is 2.05. The zero-order valence-corrected chi connectivity index (χ0v) is 8.93. The number of nitrogens with one attached hydrogen (secondary N) is 1. The van der Waals surface area contributed by atoms with Crippen molar-refractivity contribution in [2.24, 2.45) is 5.92 Å². The van der Waals surface area contributed by atoms with Gasteiger partial charge in [-0.05, 0) is 19.3 Å². The van der Waals surface area contributed by atoms with Crippen LogP contribution in [0.3, 0.4) is 0 Å². The summed E-state index contributed by atoms with van der Waals surface area (Å²) in [5, 5.41) is 2.91. The smallest absolute Gasteiger partial charge is 0.222 e. The summed E-state index contributed by atoms with van der Waals surface area (Å²) in [7, 11) is 0. The third-order valence-corrected chi connectivity index (χ3v) is 3.18. The third kappa shape index (κ3) is 2.97. The topological polar surface area (TPSA) is 29.1 Å². The summed E-state index contributed by atoms with van der Waals surface area (Å²) in [5.41, 5.74) is 0. The van der Waals surface area contributed by atoms with E-state index in [4.69, 9.17) is 0 Å². The van der Waals surface area contributed by atoms with E-state index in [1.807, 2.05) is 6.92 Å². The fourth-order valence-electron chi connectivity index (χ4n) is 1.32. The molecule has 0 aromatic heterocycles. The maximum atomic E-state index is 11.2. The minimum absolute atomic E-state index is 0.206. The summed E-state index contributed by atoms with van der Waals surface area (Å²) in [6.45, 7) is 2.87.